The molecule has 3 rings (SSSR count). The molecule has 0 saturated carbocycles. The Kier molecular flexibility index (Phi) is 6.73. The molecule has 146 valence electrons. The Labute approximate surface area is 186 Å². The number of carbonyl (C=O) groups excluding carboxylic acids is 1. The average molecular weight is 523 g/mol. The predicted octanol–water partition coefficient (Wildman–Crippen LogP) is 7.22. The van der Waals surface area contributed by atoms with Crippen LogP contribution in [0.4, 0.5) is 5.69 Å². The fraction of sp³-hybridized carbons (Fsp3) is 0.227. The molecule has 0 saturated heterocycles. The third-order valence-electron chi connectivity index (χ3n) is 3.78. The molecule has 0 bridgehead atoms. The highest BCUT2D eigenvalue weighted by Crippen LogP contribution is 2.36. The minimum Gasteiger partial charge on any atom is -0.459 e. The van der Waals surface area contributed by atoms with Gasteiger partial charge in [0, 0.05) is 19.2 Å². The van der Waals surface area contributed by atoms with Gasteiger partial charge in [-0.25, -0.2) is 0 Å². The fourth-order valence-corrected chi connectivity index (χ4v) is 5.43. The van der Waals surface area contributed by atoms with Gasteiger partial charge in [0.15, 0.2) is 0 Å². The lowest BCUT2D eigenvalue weighted by Crippen LogP contribution is -2.31. The summed E-state index contributed by atoms with van der Waals surface area (Å²) in [6.45, 7) is 5.78. The standard InChI is InChI=1S/C22H21Br2NO2S/c1-22(2,3)27-21(26)14-25(28-18-12-16(23)11-17(24)13-18)20-10-6-8-15-7-4-5-9-19(15)20/h4-13H,14H2,1-3H3. The maximum atomic E-state index is 12.6. The van der Waals surface area contributed by atoms with Crippen LogP contribution >= 0.6 is 43.8 Å². The van der Waals surface area contributed by atoms with E-state index < -0.39 is 5.60 Å². The first-order chi connectivity index (χ1) is 13.2. The molecule has 3 nitrogen and oxygen atoms in total. The van der Waals surface area contributed by atoms with Crippen LogP contribution in [0.2, 0.25) is 0 Å². The zero-order valence-corrected chi connectivity index (χ0v) is 19.9. The van der Waals surface area contributed by atoms with Gasteiger partial charge in [-0.2, -0.15) is 0 Å². The fourth-order valence-electron chi connectivity index (χ4n) is 2.79. The van der Waals surface area contributed by atoms with E-state index in [4.69, 9.17) is 4.74 Å². The van der Waals surface area contributed by atoms with E-state index in [-0.39, 0.29) is 12.5 Å². The van der Waals surface area contributed by atoms with Gasteiger partial charge < -0.3 is 9.04 Å². The second-order valence-corrected chi connectivity index (χ2v) is 10.2. The molecular weight excluding hydrogens is 502 g/mol. The second-order valence-electron chi connectivity index (χ2n) is 7.32. The van der Waals surface area contributed by atoms with Crippen molar-refractivity contribution in [3.05, 3.63) is 69.6 Å². The van der Waals surface area contributed by atoms with Gasteiger partial charge in [-0.3, -0.25) is 4.79 Å². The molecular formula is C22H21Br2NO2S. The van der Waals surface area contributed by atoms with Crippen LogP contribution in [0, 0.1) is 0 Å². The van der Waals surface area contributed by atoms with Crippen LogP contribution in [0.5, 0.6) is 0 Å². The van der Waals surface area contributed by atoms with Gasteiger partial charge in [0.25, 0.3) is 0 Å². The molecule has 6 heteroatoms. The van der Waals surface area contributed by atoms with E-state index in [1.54, 1.807) is 0 Å². The molecule has 3 aromatic rings. The van der Waals surface area contributed by atoms with E-state index in [0.29, 0.717) is 0 Å². The highest BCUT2D eigenvalue weighted by Gasteiger charge is 2.21. The number of esters is 1. The number of ether oxygens (including phenoxy) is 1. The Hall–Kier alpha value is -1.50. The Bertz CT molecular complexity index is 976. The summed E-state index contributed by atoms with van der Waals surface area (Å²) in [6, 6.07) is 20.3. The lowest BCUT2D eigenvalue weighted by atomic mass is 10.1. The van der Waals surface area contributed by atoms with Gasteiger partial charge in [-0.05, 0) is 62.4 Å². The van der Waals surface area contributed by atoms with Crippen LogP contribution < -0.4 is 4.31 Å². The third-order valence-corrected chi connectivity index (χ3v) is 5.69. The average Bonchev–Trinajstić information content (AvgIpc) is 2.58. The SMILES string of the molecule is CC(C)(C)OC(=O)CN(Sc1cc(Br)cc(Br)c1)c1cccc2ccccc12. The molecule has 0 aliphatic rings. The van der Waals surface area contributed by atoms with E-state index in [0.717, 1.165) is 30.3 Å². The number of nitrogens with zero attached hydrogens (tertiary/aromatic N) is 1. The van der Waals surface area contributed by atoms with Crippen LogP contribution in [0.1, 0.15) is 20.8 Å². The van der Waals surface area contributed by atoms with Crippen molar-refractivity contribution in [2.24, 2.45) is 0 Å². The van der Waals surface area contributed by atoms with Crippen LogP contribution in [-0.2, 0) is 9.53 Å². The van der Waals surface area contributed by atoms with Gasteiger partial charge >= 0.3 is 5.97 Å². The molecule has 0 aliphatic carbocycles. The number of hydrogen-bond acceptors (Lipinski definition) is 4. The lowest BCUT2D eigenvalue weighted by Gasteiger charge is -2.26. The zero-order chi connectivity index (χ0) is 20.3. The predicted molar refractivity (Wildman–Crippen MR) is 125 cm³/mol. The van der Waals surface area contributed by atoms with Crippen molar-refractivity contribution in [3.8, 4) is 0 Å². The molecule has 0 spiro atoms. The van der Waals surface area contributed by atoms with E-state index in [2.05, 4.69) is 50.1 Å². The van der Waals surface area contributed by atoms with Crippen LogP contribution in [0.3, 0.4) is 0 Å². The minimum absolute atomic E-state index is 0.139. The van der Waals surface area contributed by atoms with Gasteiger partial charge in [-0.1, -0.05) is 68.3 Å². The molecule has 0 amide bonds. The van der Waals surface area contributed by atoms with Gasteiger partial charge in [0.1, 0.15) is 12.1 Å². The lowest BCUT2D eigenvalue weighted by molar-refractivity contribution is -0.152. The van der Waals surface area contributed by atoms with Crippen molar-refractivity contribution in [2.75, 3.05) is 10.8 Å². The summed E-state index contributed by atoms with van der Waals surface area (Å²) in [5.41, 5.74) is 0.454. The van der Waals surface area contributed by atoms with Crippen LogP contribution in [0.25, 0.3) is 10.8 Å². The summed E-state index contributed by atoms with van der Waals surface area (Å²) >= 11 is 8.58. The largest absolute Gasteiger partial charge is 0.459 e. The highest BCUT2D eigenvalue weighted by atomic mass is 79.9. The number of carbonyl (C=O) groups is 1. The summed E-state index contributed by atoms with van der Waals surface area (Å²) in [6.07, 6.45) is 0. The van der Waals surface area contributed by atoms with Crippen molar-refractivity contribution in [1.82, 2.24) is 0 Å². The first-order valence-corrected chi connectivity index (χ1v) is 11.2. The normalized spacial score (nSPS) is 11.5. The smallest absolute Gasteiger partial charge is 0.327 e. The van der Waals surface area contributed by atoms with Gasteiger partial charge in [-0.15, -0.1) is 0 Å². The Balaban J connectivity index is 1.99. The molecule has 28 heavy (non-hydrogen) atoms. The second kappa shape index (κ2) is 8.89. The Morgan fingerprint density at radius 3 is 2.32 bits per heavy atom. The number of anilines is 1. The van der Waals surface area contributed by atoms with Crippen molar-refractivity contribution in [3.63, 3.8) is 0 Å². The van der Waals surface area contributed by atoms with Crippen molar-refractivity contribution in [1.29, 1.82) is 0 Å². The van der Waals surface area contributed by atoms with Crippen molar-refractivity contribution < 1.29 is 9.53 Å². The summed E-state index contributed by atoms with van der Waals surface area (Å²) in [5.74, 6) is -0.262. The number of halogens is 2. The minimum atomic E-state index is -0.523. The number of rotatable bonds is 5. The summed E-state index contributed by atoms with van der Waals surface area (Å²) < 4.78 is 9.51. The molecule has 0 aliphatic heterocycles. The maximum Gasteiger partial charge on any atom is 0.327 e. The highest BCUT2D eigenvalue weighted by molar-refractivity contribution is 9.11. The molecule has 3 aromatic carbocycles. The Morgan fingerprint density at radius 1 is 1.00 bits per heavy atom. The van der Waals surface area contributed by atoms with Crippen LogP contribution in [0.15, 0.2) is 74.5 Å². The van der Waals surface area contributed by atoms with Crippen molar-refractivity contribution >= 4 is 66.2 Å². The molecule has 0 aromatic heterocycles. The van der Waals surface area contributed by atoms with E-state index >= 15 is 0 Å². The molecule has 0 N–H and O–H groups in total. The van der Waals surface area contributed by atoms with E-state index in [9.17, 15) is 4.79 Å². The number of fused-ring (bicyclic) bond motifs is 1. The maximum absolute atomic E-state index is 12.6. The number of hydrogen-bond donors (Lipinski definition) is 0. The van der Waals surface area contributed by atoms with Crippen molar-refractivity contribution in [2.45, 2.75) is 31.3 Å². The summed E-state index contributed by atoms with van der Waals surface area (Å²) in [7, 11) is 0. The molecule has 0 atom stereocenters. The van der Waals surface area contributed by atoms with Gasteiger partial charge in [0.2, 0.25) is 0 Å². The molecule has 0 radical (unpaired) electrons. The zero-order valence-electron chi connectivity index (χ0n) is 15.9. The summed E-state index contributed by atoms with van der Waals surface area (Å²) in [4.78, 5) is 13.6. The van der Waals surface area contributed by atoms with Gasteiger partial charge in [0.05, 0.1) is 5.69 Å². The molecule has 0 heterocycles. The quantitative estimate of drug-likeness (QED) is 0.261. The first kappa shape index (κ1) is 21.2. The summed E-state index contributed by atoms with van der Waals surface area (Å²) in [5, 5.41) is 2.22. The monoisotopic (exact) mass is 521 g/mol. The third kappa shape index (κ3) is 5.75. The molecule has 0 unspecified atom stereocenters. The van der Waals surface area contributed by atoms with E-state index in [1.807, 2.05) is 67.5 Å². The Morgan fingerprint density at radius 2 is 1.64 bits per heavy atom. The topological polar surface area (TPSA) is 29.5 Å². The van der Waals surface area contributed by atoms with Crippen LogP contribution in [-0.4, -0.2) is 18.1 Å². The molecule has 0 fully saturated rings. The number of benzene rings is 3. The van der Waals surface area contributed by atoms with E-state index in [1.165, 1.54) is 11.9 Å². The first-order valence-electron chi connectivity index (χ1n) is 8.82.